The Labute approximate surface area is 119 Å². The second kappa shape index (κ2) is 4.61. The van der Waals surface area contributed by atoms with Gasteiger partial charge in [-0.3, -0.25) is 9.59 Å². The van der Waals surface area contributed by atoms with Gasteiger partial charge in [0.25, 0.3) is 11.7 Å². The van der Waals surface area contributed by atoms with Gasteiger partial charge in [-0.15, -0.1) is 0 Å². The number of rotatable bonds is 3. The number of nitrogens with one attached hydrogen (secondary N) is 1. The van der Waals surface area contributed by atoms with Crippen molar-refractivity contribution in [1.82, 2.24) is 0 Å². The Bertz CT molecular complexity index is 569. The zero-order valence-electron chi connectivity index (χ0n) is 11.0. The maximum absolute atomic E-state index is 11.6. The molecule has 2 rings (SSSR count). The van der Waals surface area contributed by atoms with E-state index >= 15 is 0 Å². The van der Waals surface area contributed by atoms with E-state index in [-0.39, 0.29) is 6.61 Å². The summed E-state index contributed by atoms with van der Waals surface area (Å²) in [6.45, 7) is 3.78. The summed E-state index contributed by atoms with van der Waals surface area (Å²) < 4.78 is 0.708. The van der Waals surface area contributed by atoms with Crippen LogP contribution in [0.4, 0.5) is 11.4 Å². The van der Waals surface area contributed by atoms with Crippen molar-refractivity contribution in [2.75, 3.05) is 23.9 Å². The van der Waals surface area contributed by atoms with E-state index in [1.165, 1.54) is 0 Å². The summed E-state index contributed by atoms with van der Waals surface area (Å²) in [6, 6.07) is 3.37. The molecule has 0 aliphatic carbocycles. The first-order chi connectivity index (χ1) is 8.77. The third-order valence-corrected chi connectivity index (χ3v) is 4.08. The molecule has 0 saturated carbocycles. The van der Waals surface area contributed by atoms with Crippen molar-refractivity contribution in [2.24, 2.45) is 0 Å². The van der Waals surface area contributed by atoms with Gasteiger partial charge in [0.15, 0.2) is 0 Å². The first-order valence-corrected chi connectivity index (χ1v) is 6.61. The Hall–Kier alpha value is -1.40. The molecule has 6 heteroatoms. The van der Waals surface area contributed by atoms with Crippen molar-refractivity contribution in [3.05, 3.63) is 22.2 Å². The number of aliphatic hydroxyl groups excluding tert-OH is 1. The number of amides is 1. The molecule has 2 N–H and O–H groups in total. The van der Waals surface area contributed by atoms with Gasteiger partial charge in [-0.25, -0.2) is 0 Å². The number of hydrogen-bond donors (Lipinski definition) is 2. The number of Topliss-reactive ketones (excluding diaryl/α,β-unsaturated/α-hetero) is 1. The minimum atomic E-state index is -0.608. The highest BCUT2D eigenvalue weighted by Gasteiger charge is 2.31. The molecular formula is C13H15BrN2O3. The Morgan fingerprint density at radius 1 is 1.37 bits per heavy atom. The quantitative estimate of drug-likeness (QED) is 0.831. The Balaban J connectivity index is 2.49. The van der Waals surface area contributed by atoms with Crippen LogP contribution in [0.5, 0.6) is 0 Å². The molecule has 5 nitrogen and oxygen atoms in total. The van der Waals surface area contributed by atoms with Crippen LogP contribution in [0.2, 0.25) is 0 Å². The molecule has 1 aliphatic heterocycles. The number of halogens is 1. The second-order valence-electron chi connectivity index (χ2n) is 5.16. The van der Waals surface area contributed by atoms with Crippen molar-refractivity contribution in [2.45, 2.75) is 19.4 Å². The molecule has 19 heavy (non-hydrogen) atoms. The van der Waals surface area contributed by atoms with Crippen LogP contribution in [0.1, 0.15) is 24.2 Å². The fraction of sp³-hybridized carbons (Fsp3) is 0.385. The molecule has 1 heterocycles. The summed E-state index contributed by atoms with van der Waals surface area (Å²) in [6.07, 6.45) is 0. The van der Waals surface area contributed by atoms with Gasteiger partial charge < -0.3 is 15.3 Å². The lowest BCUT2D eigenvalue weighted by atomic mass is 10.0. The van der Waals surface area contributed by atoms with Crippen LogP contribution in [0, 0.1) is 0 Å². The number of anilines is 2. The minimum Gasteiger partial charge on any atom is -0.394 e. The summed E-state index contributed by atoms with van der Waals surface area (Å²) in [5, 5.41) is 12.0. The normalized spacial score (nSPS) is 14.4. The summed E-state index contributed by atoms with van der Waals surface area (Å²) in [5.74, 6) is -1.13. The van der Waals surface area contributed by atoms with E-state index in [9.17, 15) is 14.7 Å². The van der Waals surface area contributed by atoms with Gasteiger partial charge in [-0.05, 0) is 41.9 Å². The Kier molecular flexibility index (Phi) is 3.40. The third-order valence-electron chi connectivity index (χ3n) is 3.44. The number of carbonyl (C=O) groups excluding carboxylic acids is 2. The molecule has 0 saturated heterocycles. The lowest BCUT2D eigenvalue weighted by Crippen LogP contribution is -2.44. The van der Waals surface area contributed by atoms with Gasteiger partial charge in [-0.2, -0.15) is 0 Å². The van der Waals surface area contributed by atoms with Gasteiger partial charge >= 0.3 is 0 Å². The molecule has 0 fully saturated rings. The number of carbonyl (C=O) groups is 2. The summed E-state index contributed by atoms with van der Waals surface area (Å²) in [7, 11) is 1.85. The average Bonchev–Trinajstić information content (AvgIpc) is 2.64. The molecule has 0 bridgehead atoms. The van der Waals surface area contributed by atoms with E-state index in [1.54, 1.807) is 12.1 Å². The van der Waals surface area contributed by atoms with Crippen LogP contribution >= 0.6 is 15.9 Å². The highest BCUT2D eigenvalue weighted by molar-refractivity contribution is 9.10. The standard InChI is InChI=1S/C13H15BrN2O3/c1-13(2,6-17)16(3)10-5-9-7(4-8(10)14)11(18)12(19)15-9/h4-5,17H,6H2,1-3H3,(H,15,18,19). The lowest BCUT2D eigenvalue weighted by molar-refractivity contribution is -0.112. The van der Waals surface area contributed by atoms with Crippen molar-refractivity contribution >= 4 is 39.0 Å². The maximum atomic E-state index is 11.6. The fourth-order valence-corrected chi connectivity index (χ4v) is 2.45. The van der Waals surface area contributed by atoms with Crippen molar-refractivity contribution in [3.8, 4) is 0 Å². The van der Waals surface area contributed by atoms with E-state index in [2.05, 4.69) is 21.2 Å². The second-order valence-corrected chi connectivity index (χ2v) is 6.02. The van der Waals surface area contributed by atoms with Crippen LogP contribution < -0.4 is 10.2 Å². The third kappa shape index (κ3) is 2.26. The van der Waals surface area contributed by atoms with Crippen LogP contribution in [0.3, 0.4) is 0 Å². The summed E-state index contributed by atoms with van der Waals surface area (Å²) in [5.41, 5.74) is 1.22. The smallest absolute Gasteiger partial charge is 0.296 e. The largest absolute Gasteiger partial charge is 0.394 e. The van der Waals surface area contributed by atoms with Crippen molar-refractivity contribution in [3.63, 3.8) is 0 Å². The van der Waals surface area contributed by atoms with Gasteiger partial charge in [0.05, 0.1) is 29.1 Å². The molecular weight excluding hydrogens is 312 g/mol. The van der Waals surface area contributed by atoms with Gasteiger partial charge in [0.2, 0.25) is 0 Å². The van der Waals surface area contributed by atoms with Crippen molar-refractivity contribution in [1.29, 1.82) is 0 Å². The van der Waals surface area contributed by atoms with E-state index in [1.807, 2.05) is 25.8 Å². The molecule has 0 aromatic heterocycles. The Morgan fingerprint density at radius 2 is 2.00 bits per heavy atom. The Morgan fingerprint density at radius 3 is 2.58 bits per heavy atom. The SMILES string of the molecule is CN(c1cc2c(cc1Br)C(=O)C(=O)N2)C(C)(C)CO. The highest BCUT2D eigenvalue weighted by Crippen LogP contribution is 2.37. The maximum Gasteiger partial charge on any atom is 0.296 e. The van der Waals surface area contributed by atoms with Gasteiger partial charge in [0, 0.05) is 11.5 Å². The number of fused-ring (bicyclic) bond motifs is 1. The monoisotopic (exact) mass is 326 g/mol. The predicted molar refractivity (Wildman–Crippen MR) is 76.7 cm³/mol. The number of likely N-dealkylation sites (N-methyl/N-ethyl adjacent to an activating group) is 1. The molecule has 0 unspecified atom stereocenters. The van der Waals surface area contributed by atoms with Crippen LogP contribution in [0.15, 0.2) is 16.6 Å². The fourth-order valence-electron chi connectivity index (χ4n) is 1.84. The summed E-state index contributed by atoms with van der Waals surface area (Å²) in [4.78, 5) is 24.8. The van der Waals surface area contributed by atoms with Gasteiger partial charge in [0.1, 0.15) is 0 Å². The number of hydrogen-bond acceptors (Lipinski definition) is 4. The topological polar surface area (TPSA) is 69.6 Å². The zero-order valence-corrected chi connectivity index (χ0v) is 12.5. The molecule has 0 spiro atoms. The number of nitrogens with zero attached hydrogens (tertiary/aromatic N) is 1. The predicted octanol–water partition coefficient (Wildman–Crippen LogP) is 1.79. The zero-order chi connectivity index (χ0) is 14.4. The first kappa shape index (κ1) is 14.0. The highest BCUT2D eigenvalue weighted by atomic mass is 79.9. The van der Waals surface area contributed by atoms with Crippen molar-refractivity contribution < 1.29 is 14.7 Å². The molecule has 0 radical (unpaired) electrons. The molecule has 0 atom stereocenters. The average molecular weight is 327 g/mol. The molecule has 102 valence electrons. The minimum absolute atomic E-state index is 0.0156. The molecule has 1 aliphatic rings. The first-order valence-electron chi connectivity index (χ1n) is 5.82. The van der Waals surface area contributed by atoms with E-state index < -0.39 is 17.2 Å². The van der Waals surface area contributed by atoms with Crippen LogP contribution in [-0.4, -0.2) is 36.0 Å². The van der Waals surface area contributed by atoms with Crippen LogP contribution in [0.25, 0.3) is 0 Å². The number of aliphatic hydroxyl groups is 1. The van der Waals surface area contributed by atoms with Crippen LogP contribution in [-0.2, 0) is 4.79 Å². The summed E-state index contributed by atoms with van der Waals surface area (Å²) >= 11 is 3.40. The van der Waals surface area contributed by atoms with Gasteiger partial charge in [-0.1, -0.05) is 0 Å². The lowest BCUT2D eigenvalue weighted by Gasteiger charge is -2.36. The molecule has 1 aromatic carbocycles. The molecule has 1 aromatic rings. The van der Waals surface area contributed by atoms with E-state index in [0.29, 0.717) is 15.7 Å². The number of ketones is 1. The van der Waals surface area contributed by atoms with E-state index in [0.717, 1.165) is 5.69 Å². The van der Waals surface area contributed by atoms with E-state index in [4.69, 9.17) is 0 Å². The number of benzene rings is 1. The molecule has 1 amide bonds.